The van der Waals surface area contributed by atoms with Gasteiger partial charge in [0, 0.05) is 17.7 Å². The maximum absolute atomic E-state index is 14.4. The number of pyridine rings is 1. The molecule has 0 bridgehead atoms. The van der Waals surface area contributed by atoms with Gasteiger partial charge in [-0.3, -0.25) is 14.2 Å². The van der Waals surface area contributed by atoms with E-state index in [1.807, 2.05) is 0 Å². The Morgan fingerprint density at radius 3 is 2.28 bits per heavy atom. The molecule has 0 aliphatic carbocycles. The second-order valence-electron chi connectivity index (χ2n) is 6.37. The van der Waals surface area contributed by atoms with Crippen LogP contribution in [0.3, 0.4) is 0 Å². The Morgan fingerprint density at radius 2 is 1.76 bits per heavy atom. The van der Waals surface area contributed by atoms with Crippen molar-refractivity contribution < 1.29 is 36.2 Å². The van der Waals surface area contributed by atoms with E-state index in [0.29, 0.717) is 12.1 Å². The Bertz CT molecular complexity index is 964. The van der Waals surface area contributed by atoms with Gasteiger partial charge in [0.1, 0.15) is 18.1 Å². The van der Waals surface area contributed by atoms with Crippen LogP contribution >= 0.6 is 0 Å². The minimum atomic E-state index is -4.93. The number of nitrogens with zero attached hydrogens (tertiary/aromatic N) is 1. The first-order valence-electron chi connectivity index (χ1n) is 8.32. The molecular weight excluding hydrogens is 403 g/mol. The molecule has 2 N–H and O–H groups in total. The van der Waals surface area contributed by atoms with Gasteiger partial charge < -0.3 is 15.2 Å². The van der Waals surface area contributed by atoms with Gasteiger partial charge in [-0.05, 0) is 24.3 Å². The minimum absolute atomic E-state index is 0.0118. The highest BCUT2D eigenvalue weighted by Gasteiger charge is 2.38. The summed E-state index contributed by atoms with van der Waals surface area (Å²) in [6, 6.07) is 4.91. The van der Waals surface area contributed by atoms with Gasteiger partial charge in [0.15, 0.2) is 0 Å². The van der Waals surface area contributed by atoms with Crippen molar-refractivity contribution in [3.05, 3.63) is 63.6 Å². The summed E-state index contributed by atoms with van der Waals surface area (Å²) in [5.74, 6) is -4.54. The molecule has 0 spiro atoms. The van der Waals surface area contributed by atoms with Crippen LogP contribution in [0.4, 0.5) is 22.0 Å². The molecule has 6 nitrogen and oxygen atoms in total. The van der Waals surface area contributed by atoms with Crippen molar-refractivity contribution in [2.24, 2.45) is 5.73 Å². The third-order valence-corrected chi connectivity index (χ3v) is 4.36. The second-order valence-corrected chi connectivity index (χ2v) is 6.37. The number of nitrogens with two attached hydrogens (primary N) is 1. The van der Waals surface area contributed by atoms with Gasteiger partial charge in [0.25, 0.3) is 17.4 Å². The Morgan fingerprint density at radius 1 is 1.10 bits per heavy atom. The SMILES string of the molecule is NC(=O)c1ccc(C(F)(F)F)n(-c2ccc(C(F)(F)CC3COCO3)cc2)c1=O. The molecular formula is C18H15F5N2O4. The molecule has 1 aromatic heterocycles. The van der Waals surface area contributed by atoms with E-state index in [1.54, 1.807) is 0 Å². The van der Waals surface area contributed by atoms with Crippen molar-refractivity contribution in [2.45, 2.75) is 24.6 Å². The van der Waals surface area contributed by atoms with Gasteiger partial charge in [-0.1, -0.05) is 12.1 Å². The van der Waals surface area contributed by atoms with Crippen molar-refractivity contribution >= 4 is 5.91 Å². The Hall–Kier alpha value is -2.79. The van der Waals surface area contributed by atoms with E-state index < -0.39 is 52.9 Å². The molecule has 3 rings (SSSR count). The number of carbonyl (C=O) groups is 1. The van der Waals surface area contributed by atoms with Gasteiger partial charge in [-0.25, -0.2) is 8.78 Å². The van der Waals surface area contributed by atoms with E-state index in [9.17, 15) is 31.5 Å². The fourth-order valence-electron chi connectivity index (χ4n) is 2.95. The fourth-order valence-corrected chi connectivity index (χ4v) is 2.95. The van der Waals surface area contributed by atoms with Gasteiger partial charge in [-0.2, -0.15) is 13.2 Å². The summed E-state index contributed by atoms with van der Waals surface area (Å²) in [4.78, 5) is 23.7. The zero-order chi connectivity index (χ0) is 21.4. The normalized spacial score (nSPS) is 17.5. The maximum atomic E-state index is 14.4. The van der Waals surface area contributed by atoms with E-state index in [1.165, 1.54) is 0 Å². The number of hydrogen-bond acceptors (Lipinski definition) is 4. The number of benzene rings is 1. The Balaban J connectivity index is 2.02. The monoisotopic (exact) mass is 418 g/mol. The van der Waals surface area contributed by atoms with Crippen LogP contribution in [0.25, 0.3) is 5.69 Å². The summed E-state index contributed by atoms with van der Waals surface area (Å²) >= 11 is 0. The van der Waals surface area contributed by atoms with Gasteiger partial charge >= 0.3 is 6.18 Å². The largest absolute Gasteiger partial charge is 0.431 e. The van der Waals surface area contributed by atoms with Crippen LogP contribution in [0.1, 0.15) is 28.0 Å². The molecule has 1 aliphatic heterocycles. The van der Waals surface area contributed by atoms with E-state index in [2.05, 4.69) is 0 Å². The van der Waals surface area contributed by atoms with Crippen LogP contribution in [0.5, 0.6) is 0 Å². The number of hydrogen-bond donors (Lipinski definition) is 1. The molecule has 1 aromatic carbocycles. The van der Waals surface area contributed by atoms with E-state index in [0.717, 1.165) is 24.3 Å². The molecule has 11 heteroatoms. The average Bonchev–Trinajstić information content (AvgIpc) is 3.12. The zero-order valence-corrected chi connectivity index (χ0v) is 14.7. The third-order valence-electron chi connectivity index (χ3n) is 4.36. The van der Waals surface area contributed by atoms with Crippen LogP contribution < -0.4 is 11.3 Å². The first kappa shape index (κ1) is 20.9. The average molecular weight is 418 g/mol. The molecule has 1 aliphatic rings. The number of carbonyl (C=O) groups excluding carboxylic acids is 1. The zero-order valence-electron chi connectivity index (χ0n) is 14.7. The maximum Gasteiger partial charge on any atom is 0.431 e. The highest BCUT2D eigenvalue weighted by Crippen LogP contribution is 2.35. The first-order valence-corrected chi connectivity index (χ1v) is 8.32. The summed E-state index contributed by atoms with van der Waals surface area (Å²) < 4.78 is 78.9. The molecule has 2 aromatic rings. The van der Waals surface area contributed by atoms with Crippen molar-refractivity contribution in [3.63, 3.8) is 0 Å². The summed E-state index contributed by atoms with van der Waals surface area (Å²) in [6.07, 6.45) is -6.41. The van der Waals surface area contributed by atoms with Crippen LogP contribution in [-0.4, -0.2) is 30.0 Å². The molecule has 1 unspecified atom stereocenters. The first-order chi connectivity index (χ1) is 13.5. The number of amides is 1. The Labute approximate surface area is 160 Å². The summed E-state index contributed by atoms with van der Waals surface area (Å²) in [6.45, 7) is -0.0725. The number of rotatable bonds is 5. The number of aromatic nitrogens is 1. The highest BCUT2D eigenvalue weighted by atomic mass is 19.4. The molecule has 1 atom stereocenters. The topological polar surface area (TPSA) is 83.6 Å². The van der Waals surface area contributed by atoms with Crippen molar-refractivity contribution in [2.75, 3.05) is 13.4 Å². The molecule has 1 fully saturated rings. The summed E-state index contributed by atoms with van der Waals surface area (Å²) in [5, 5.41) is 0. The lowest BCUT2D eigenvalue weighted by Crippen LogP contribution is -2.33. The van der Waals surface area contributed by atoms with Crippen molar-refractivity contribution in [1.29, 1.82) is 0 Å². The standard InChI is InChI=1S/C18H15F5N2O4/c19-17(20,7-12-8-28-9-29-12)10-1-3-11(4-2-10)25-14(18(21,22)23)6-5-13(15(24)26)16(25)27/h1-6,12H,7-9H2,(H2,24,26). The van der Waals surface area contributed by atoms with Gasteiger partial charge in [-0.15, -0.1) is 0 Å². The number of halogens is 5. The van der Waals surface area contributed by atoms with Gasteiger partial charge in [0.05, 0.1) is 12.7 Å². The molecule has 156 valence electrons. The molecule has 1 amide bonds. The lowest BCUT2D eigenvalue weighted by molar-refractivity contribution is -0.142. The number of ether oxygens (including phenoxy) is 2. The summed E-state index contributed by atoms with van der Waals surface area (Å²) in [7, 11) is 0. The van der Waals surface area contributed by atoms with E-state index in [4.69, 9.17) is 15.2 Å². The predicted octanol–water partition coefficient (Wildman–Crippen LogP) is 2.81. The Kier molecular flexibility index (Phi) is 5.46. The van der Waals surface area contributed by atoms with Crippen LogP contribution in [-0.2, 0) is 21.6 Å². The summed E-state index contributed by atoms with van der Waals surface area (Å²) in [5.41, 5.74) is 0.879. The van der Waals surface area contributed by atoms with E-state index >= 15 is 0 Å². The third kappa shape index (κ3) is 4.30. The molecule has 2 heterocycles. The highest BCUT2D eigenvalue weighted by molar-refractivity contribution is 5.92. The lowest BCUT2D eigenvalue weighted by Gasteiger charge is -2.20. The quantitative estimate of drug-likeness (QED) is 0.757. The van der Waals surface area contributed by atoms with Crippen molar-refractivity contribution in [3.8, 4) is 5.69 Å². The molecule has 29 heavy (non-hydrogen) atoms. The molecule has 1 saturated heterocycles. The lowest BCUT2D eigenvalue weighted by atomic mass is 10.0. The number of primary amides is 1. The van der Waals surface area contributed by atoms with Gasteiger partial charge in [0.2, 0.25) is 0 Å². The molecule has 0 saturated carbocycles. The molecule has 0 radical (unpaired) electrons. The minimum Gasteiger partial charge on any atom is -0.365 e. The van der Waals surface area contributed by atoms with Crippen molar-refractivity contribution in [1.82, 2.24) is 4.57 Å². The van der Waals surface area contributed by atoms with Crippen LogP contribution in [0.15, 0.2) is 41.2 Å². The fraction of sp³-hybridized carbons (Fsp3) is 0.333. The van der Waals surface area contributed by atoms with E-state index in [-0.39, 0.29) is 23.7 Å². The van der Waals surface area contributed by atoms with Crippen LogP contribution in [0, 0.1) is 0 Å². The smallest absolute Gasteiger partial charge is 0.365 e. The second kappa shape index (κ2) is 7.56. The number of alkyl halides is 5. The van der Waals surface area contributed by atoms with Crippen LogP contribution in [0.2, 0.25) is 0 Å². The predicted molar refractivity (Wildman–Crippen MR) is 89.8 cm³/mol.